The number of nitrogens with zero attached hydrogens (tertiary/aromatic N) is 2. The number of aryl methyl sites for hydroxylation is 1. The van der Waals surface area contributed by atoms with Crippen LogP contribution in [0.1, 0.15) is 17.3 Å². The van der Waals surface area contributed by atoms with Crippen LogP contribution in [0.4, 0.5) is 0 Å². The monoisotopic (exact) mass is 238 g/mol. The summed E-state index contributed by atoms with van der Waals surface area (Å²) in [5.41, 5.74) is 4.81. The first-order valence-corrected chi connectivity index (χ1v) is 5.76. The van der Waals surface area contributed by atoms with Gasteiger partial charge in [0.25, 0.3) is 0 Å². The van der Waals surface area contributed by atoms with Crippen molar-refractivity contribution in [3.63, 3.8) is 0 Å². The average Bonchev–Trinajstić information content (AvgIpc) is 2.91. The van der Waals surface area contributed by atoms with Gasteiger partial charge < -0.3 is 4.74 Å². The Hall–Kier alpha value is -1.37. The lowest BCUT2D eigenvalue weighted by Gasteiger charge is -2.16. The van der Waals surface area contributed by atoms with Crippen LogP contribution in [0.25, 0.3) is 0 Å². The minimum atomic E-state index is -0.103. The number of hydrogen-bond donors (Lipinski definition) is 2. The number of hydrogen-bond acceptors (Lipinski definition) is 5. The van der Waals surface area contributed by atoms with Gasteiger partial charge in [-0.1, -0.05) is 0 Å². The third-order valence-electron chi connectivity index (χ3n) is 2.49. The molecule has 0 amide bonds. The highest BCUT2D eigenvalue weighted by molar-refractivity contribution is 7.08. The highest BCUT2D eigenvalue weighted by Gasteiger charge is 2.21. The molecule has 2 rings (SSSR count). The fraction of sp³-hybridized carbons (Fsp3) is 0.300. The molecule has 0 bridgehead atoms. The zero-order chi connectivity index (χ0) is 11.5. The van der Waals surface area contributed by atoms with Crippen LogP contribution in [0.3, 0.4) is 0 Å². The Morgan fingerprint density at radius 3 is 3.00 bits per heavy atom. The van der Waals surface area contributed by atoms with Crippen LogP contribution >= 0.6 is 11.3 Å². The first kappa shape index (κ1) is 11.1. The van der Waals surface area contributed by atoms with Crippen LogP contribution in [-0.4, -0.2) is 16.9 Å². The summed E-state index contributed by atoms with van der Waals surface area (Å²) < 4.78 is 7.04. The molecule has 0 aliphatic rings. The molecule has 2 aromatic heterocycles. The smallest absolute Gasteiger partial charge is 0.161 e. The number of rotatable bonds is 4. The van der Waals surface area contributed by atoms with E-state index in [0.29, 0.717) is 0 Å². The summed E-state index contributed by atoms with van der Waals surface area (Å²) in [5, 5.41) is 8.23. The summed E-state index contributed by atoms with van der Waals surface area (Å²) in [4.78, 5) is 0. The zero-order valence-corrected chi connectivity index (χ0v) is 9.99. The van der Waals surface area contributed by atoms with E-state index in [9.17, 15) is 0 Å². The summed E-state index contributed by atoms with van der Waals surface area (Å²) in [6.07, 6.45) is 1.69. The summed E-state index contributed by atoms with van der Waals surface area (Å²) in [6, 6.07) is 1.93. The summed E-state index contributed by atoms with van der Waals surface area (Å²) in [5.74, 6) is 6.34. The Balaban J connectivity index is 2.44. The molecule has 0 saturated carbocycles. The first-order chi connectivity index (χ1) is 7.77. The summed E-state index contributed by atoms with van der Waals surface area (Å²) in [7, 11) is 3.50. The number of aromatic nitrogens is 2. The highest BCUT2D eigenvalue weighted by Crippen LogP contribution is 2.29. The van der Waals surface area contributed by atoms with Gasteiger partial charge in [0.15, 0.2) is 5.75 Å². The molecule has 0 spiro atoms. The molecule has 0 aromatic carbocycles. The molecular weight excluding hydrogens is 224 g/mol. The fourth-order valence-corrected chi connectivity index (χ4v) is 2.37. The lowest BCUT2D eigenvalue weighted by molar-refractivity contribution is 0.401. The molecule has 0 radical (unpaired) electrons. The van der Waals surface area contributed by atoms with Gasteiger partial charge in [-0.2, -0.15) is 16.4 Å². The Labute approximate surface area is 97.8 Å². The van der Waals surface area contributed by atoms with Gasteiger partial charge in [-0.3, -0.25) is 10.5 Å². The Bertz CT molecular complexity index is 451. The number of methoxy groups -OCH3 is 1. The molecule has 1 unspecified atom stereocenters. The van der Waals surface area contributed by atoms with E-state index >= 15 is 0 Å². The van der Waals surface area contributed by atoms with Crippen LogP contribution in [0.2, 0.25) is 0 Å². The third-order valence-corrected chi connectivity index (χ3v) is 3.19. The van der Waals surface area contributed by atoms with E-state index in [1.165, 1.54) is 0 Å². The summed E-state index contributed by atoms with van der Waals surface area (Å²) >= 11 is 1.63. The Morgan fingerprint density at radius 2 is 2.44 bits per heavy atom. The zero-order valence-electron chi connectivity index (χ0n) is 9.18. The second kappa shape index (κ2) is 4.65. The van der Waals surface area contributed by atoms with Crippen molar-refractivity contribution >= 4 is 11.3 Å². The van der Waals surface area contributed by atoms with Gasteiger partial charge in [0.1, 0.15) is 5.69 Å². The van der Waals surface area contributed by atoms with Crippen LogP contribution in [0.15, 0.2) is 23.0 Å². The highest BCUT2D eigenvalue weighted by atomic mass is 32.1. The van der Waals surface area contributed by atoms with Crippen LogP contribution < -0.4 is 16.0 Å². The van der Waals surface area contributed by atoms with Gasteiger partial charge in [-0.25, -0.2) is 5.43 Å². The van der Waals surface area contributed by atoms with Crippen LogP contribution in [0, 0.1) is 0 Å². The quantitative estimate of drug-likeness (QED) is 0.617. The van der Waals surface area contributed by atoms with Crippen molar-refractivity contribution in [1.82, 2.24) is 15.2 Å². The molecule has 0 aliphatic heterocycles. The number of nitrogens with two attached hydrogens (primary N) is 1. The van der Waals surface area contributed by atoms with E-state index in [0.717, 1.165) is 17.0 Å². The standard InChI is InChI=1S/C10H14N4OS/c1-14-10(8(15-2)5-12-14)9(13-11)7-3-4-16-6-7/h3-6,9,13H,11H2,1-2H3. The van der Waals surface area contributed by atoms with Crippen LogP contribution in [-0.2, 0) is 7.05 Å². The molecule has 0 aliphatic carbocycles. The maximum atomic E-state index is 5.61. The number of hydrazine groups is 1. The second-order valence-corrected chi connectivity index (χ2v) is 4.16. The molecule has 1 atom stereocenters. The maximum absolute atomic E-state index is 5.61. The second-order valence-electron chi connectivity index (χ2n) is 3.38. The molecule has 6 heteroatoms. The molecule has 2 heterocycles. The van der Waals surface area contributed by atoms with Crippen LogP contribution in [0.5, 0.6) is 5.75 Å². The van der Waals surface area contributed by atoms with Gasteiger partial charge in [-0.15, -0.1) is 0 Å². The van der Waals surface area contributed by atoms with E-state index in [4.69, 9.17) is 10.6 Å². The van der Waals surface area contributed by atoms with E-state index in [1.807, 2.05) is 18.5 Å². The predicted octanol–water partition coefficient (Wildman–Crippen LogP) is 1.04. The fourth-order valence-electron chi connectivity index (χ4n) is 1.69. The van der Waals surface area contributed by atoms with E-state index < -0.39 is 0 Å². The normalized spacial score (nSPS) is 12.7. The van der Waals surface area contributed by atoms with E-state index in [1.54, 1.807) is 29.3 Å². The average molecular weight is 238 g/mol. The molecule has 86 valence electrons. The van der Waals surface area contributed by atoms with E-state index in [2.05, 4.69) is 15.9 Å². The lowest BCUT2D eigenvalue weighted by atomic mass is 10.1. The van der Waals surface area contributed by atoms with Gasteiger partial charge >= 0.3 is 0 Å². The SMILES string of the molecule is COc1cnn(C)c1C(NN)c1ccsc1. The molecule has 0 fully saturated rings. The van der Waals surface area contributed by atoms with Gasteiger partial charge in [0.2, 0.25) is 0 Å². The third kappa shape index (κ3) is 1.82. The molecule has 16 heavy (non-hydrogen) atoms. The van der Waals surface area contributed by atoms with Crippen molar-refractivity contribution in [3.05, 3.63) is 34.3 Å². The van der Waals surface area contributed by atoms with Crippen molar-refractivity contribution in [2.75, 3.05) is 7.11 Å². The Morgan fingerprint density at radius 1 is 1.62 bits per heavy atom. The predicted molar refractivity (Wildman–Crippen MR) is 63.2 cm³/mol. The van der Waals surface area contributed by atoms with Crippen molar-refractivity contribution in [1.29, 1.82) is 0 Å². The Kier molecular flexibility index (Phi) is 3.23. The van der Waals surface area contributed by atoms with Gasteiger partial charge in [0, 0.05) is 7.05 Å². The molecule has 0 saturated heterocycles. The minimum absolute atomic E-state index is 0.103. The molecule has 5 nitrogen and oxygen atoms in total. The number of nitrogens with one attached hydrogen (secondary N) is 1. The molecule has 2 aromatic rings. The van der Waals surface area contributed by atoms with Gasteiger partial charge in [0.05, 0.1) is 19.3 Å². The first-order valence-electron chi connectivity index (χ1n) is 4.82. The largest absolute Gasteiger partial charge is 0.493 e. The number of ether oxygens (including phenoxy) is 1. The minimum Gasteiger partial charge on any atom is -0.493 e. The van der Waals surface area contributed by atoms with Crippen molar-refractivity contribution < 1.29 is 4.74 Å². The summed E-state index contributed by atoms with van der Waals surface area (Å²) in [6.45, 7) is 0. The van der Waals surface area contributed by atoms with Gasteiger partial charge in [-0.05, 0) is 22.4 Å². The number of thiophene rings is 1. The topological polar surface area (TPSA) is 65.1 Å². The molecular formula is C10H14N4OS. The van der Waals surface area contributed by atoms with Crippen molar-refractivity contribution in [3.8, 4) is 5.75 Å². The molecule has 3 N–H and O–H groups in total. The maximum Gasteiger partial charge on any atom is 0.161 e. The van der Waals surface area contributed by atoms with Crippen molar-refractivity contribution in [2.24, 2.45) is 12.9 Å². The van der Waals surface area contributed by atoms with E-state index in [-0.39, 0.29) is 6.04 Å². The lowest BCUT2D eigenvalue weighted by Crippen LogP contribution is -2.30. The van der Waals surface area contributed by atoms with Crippen molar-refractivity contribution in [2.45, 2.75) is 6.04 Å².